The molecule has 2 amide bonds. The van der Waals surface area contributed by atoms with Crippen LogP contribution in [-0.4, -0.2) is 66.9 Å². The number of hydrogen-bond acceptors (Lipinski definition) is 5. The highest BCUT2D eigenvalue weighted by Crippen LogP contribution is 2.44. The molecule has 176 valence electrons. The Hall–Kier alpha value is -3.83. The van der Waals surface area contributed by atoms with Gasteiger partial charge in [-0.05, 0) is 28.2 Å². The zero-order chi connectivity index (χ0) is 24.1. The second kappa shape index (κ2) is 9.98. The maximum absolute atomic E-state index is 12.3. The minimum atomic E-state index is -1.25. The molecule has 1 aliphatic carbocycles. The Morgan fingerprint density at radius 3 is 2.21 bits per heavy atom. The summed E-state index contributed by atoms with van der Waals surface area (Å²) in [5.41, 5.74) is 3.31. The summed E-state index contributed by atoms with van der Waals surface area (Å²) in [6.45, 7) is 0.652. The van der Waals surface area contributed by atoms with Crippen molar-refractivity contribution in [1.82, 2.24) is 10.2 Å². The number of nitrogens with zero attached hydrogens (tertiary/aromatic N) is 1. The summed E-state index contributed by atoms with van der Waals surface area (Å²) in [7, 11) is 1.36. The third-order valence-corrected chi connectivity index (χ3v) is 6.50. The fraction of sp³-hybridized carbons (Fsp3) is 0.346. The molecule has 8 nitrogen and oxygen atoms in total. The zero-order valence-electron chi connectivity index (χ0n) is 18.9. The van der Waals surface area contributed by atoms with Gasteiger partial charge in [0, 0.05) is 39.0 Å². The first-order valence-corrected chi connectivity index (χ1v) is 11.1. The van der Waals surface area contributed by atoms with Crippen LogP contribution in [0.4, 0.5) is 4.79 Å². The molecule has 1 aliphatic heterocycles. The van der Waals surface area contributed by atoms with Crippen molar-refractivity contribution < 1.29 is 29.0 Å². The number of piperidine rings is 1. The lowest BCUT2D eigenvalue weighted by molar-refractivity contribution is -0.169. The van der Waals surface area contributed by atoms with Gasteiger partial charge in [-0.3, -0.25) is 4.79 Å². The number of methoxy groups -OCH3 is 1. The van der Waals surface area contributed by atoms with E-state index in [9.17, 15) is 19.5 Å². The highest BCUT2D eigenvalue weighted by atomic mass is 16.5. The minimum absolute atomic E-state index is 0.0325. The smallest absolute Gasteiger partial charge is 0.407 e. The molecule has 34 heavy (non-hydrogen) atoms. The average Bonchev–Trinajstić information content (AvgIpc) is 3.19. The fourth-order valence-electron chi connectivity index (χ4n) is 4.54. The van der Waals surface area contributed by atoms with Gasteiger partial charge in [-0.2, -0.15) is 0 Å². The van der Waals surface area contributed by atoms with E-state index in [0.717, 1.165) is 22.3 Å². The van der Waals surface area contributed by atoms with Crippen molar-refractivity contribution in [3.05, 3.63) is 59.7 Å². The largest absolute Gasteiger partial charge is 0.479 e. The molecule has 1 fully saturated rings. The van der Waals surface area contributed by atoms with Crippen LogP contribution in [0.25, 0.3) is 11.1 Å². The molecule has 0 radical (unpaired) electrons. The monoisotopic (exact) mass is 462 g/mol. The Labute approximate surface area is 197 Å². The van der Waals surface area contributed by atoms with Gasteiger partial charge in [0.25, 0.3) is 5.91 Å². The van der Waals surface area contributed by atoms with E-state index in [-0.39, 0.29) is 45.0 Å². The molecule has 0 bridgehead atoms. The first-order chi connectivity index (χ1) is 16.4. The van der Waals surface area contributed by atoms with Gasteiger partial charge in [0.1, 0.15) is 6.61 Å². The maximum atomic E-state index is 12.3. The van der Waals surface area contributed by atoms with Crippen LogP contribution in [0.5, 0.6) is 0 Å². The molecule has 1 saturated heterocycles. The number of nitrogens with one attached hydrogen (secondary N) is 1. The number of carboxylic acid groups (broad SMARTS) is 1. The fourth-order valence-corrected chi connectivity index (χ4v) is 4.54. The summed E-state index contributed by atoms with van der Waals surface area (Å²) in [5.74, 6) is 3.64. The van der Waals surface area contributed by atoms with E-state index in [1.54, 1.807) is 0 Å². The lowest BCUT2D eigenvalue weighted by Gasteiger charge is -2.36. The van der Waals surface area contributed by atoms with Crippen LogP contribution in [0, 0.1) is 11.8 Å². The summed E-state index contributed by atoms with van der Waals surface area (Å²) in [5, 5.41) is 11.9. The topological polar surface area (TPSA) is 105 Å². The molecule has 0 unspecified atom stereocenters. The van der Waals surface area contributed by atoms with E-state index in [1.807, 2.05) is 36.4 Å². The lowest BCUT2D eigenvalue weighted by atomic mass is 9.91. The van der Waals surface area contributed by atoms with Gasteiger partial charge in [-0.1, -0.05) is 54.5 Å². The third kappa shape index (κ3) is 4.61. The van der Waals surface area contributed by atoms with Crippen LogP contribution in [0.3, 0.4) is 0 Å². The number of likely N-dealkylation sites (tertiary alicyclic amines) is 1. The van der Waals surface area contributed by atoms with E-state index in [0.29, 0.717) is 0 Å². The van der Waals surface area contributed by atoms with Crippen molar-refractivity contribution in [3.63, 3.8) is 0 Å². The molecule has 2 aliphatic rings. The summed E-state index contributed by atoms with van der Waals surface area (Å²) >= 11 is 0. The number of alkyl carbamates (subject to hydrolysis) is 1. The van der Waals surface area contributed by atoms with Gasteiger partial charge in [-0.15, -0.1) is 0 Å². The van der Waals surface area contributed by atoms with Crippen LogP contribution < -0.4 is 5.32 Å². The first kappa shape index (κ1) is 23.3. The average molecular weight is 463 g/mol. The number of benzene rings is 2. The number of amides is 2. The number of carbonyl (C=O) groups excluding carboxylic acids is 2. The van der Waals surface area contributed by atoms with Crippen molar-refractivity contribution in [2.45, 2.75) is 24.4 Å². The molecule has 0 atom stereocenters. The van der Waals surface area contributed by atoms with Crippen LogP contribution in [0.2, 0.25) is 0 Å². The van der Waals surface area contributed by atoms with Gasteiger partial charge in [-0.25, -0.2) is 9.59 Å². The van der Waals surface area contributed by atoms with Crippen LogP contribution in [0.15, 0.2) is 48.5 Å². The molecule has 2 aromatic carbocycles. The summed E-state index contributed by atoms with van der Waals surface area (Å²) in [6, 6.07) is 16.2. The standard InChI is InChI=1S/C26H26N2O6/c1-33-26(24(30)31)12-15-28(16-13-26)23(29)11-6-14-27-25(32)34-17-22-20-9-4-2-7-18(20)19-8-3-5-10-21(19)22/h2-5,7-10,22H,12-17H2,1H3,(H,27,32)(H,30,31). The quantitative estimate of drug-likeness (QED) is 0.662. The number of hydrogen-bond donors (Lipinski definition) is 2. The Bertz CT molecular complexity index is 1110. The molecule has 0 aromatic heterocycles. The van der Waals surface area contributed by atoms with Crippen molar-refractivity contribution in [2.24, 2.45) is 0 Å². The van der Waals surface area contributed by atoms with Crippen molar-refractivity contribution in [2.75, 3.05) is 33.4 Å². The molecule has 0 spiro atoms. The second-order valence-corrected chi connectivity index (χ2v) is 8.28. The molecule has 0 saturated carbocycles. The normalized spacial score (nSPS) is 16.0. The molecular weight excluding hydrogens is 436 g/mol. The Balaban J connectivity index is 1.25. The highest BCUT2D eigenvalue weighted by Gasteiger charge is 2.42. The van der Waals surface area contributed by atoms with Crippen LogP contribution in [-0.2, 0) is 19.1 Å². The molecule has 2 N–H and O–H groups in total. The number of fused-ring (bicyclic) bond motifs is 3. The molecule has 2 aromatic rings. The first-order valence-electron chi connectivity index (χ1n) is 11.1. The molecule has 1 heterocycles. The van der Waals surface area contributed by atoms with Gasteiger partial charge >= 0.3 is 12.1 Å². The van der Waals surface area contributed by atoms with Gasteiger partial charge in [0.15, 0.2) is 5.60 Å². The van der Waals surface area contributed by atoms with Crippen molar-refractivity contribution in [3.8, 4) is 23.0 Å². The van der Waals surface area contributed by atoms with E-state index in [4.69, 9.17) is 9.47 Å². The van der Waals surface area contributed by atoms with E-state index < -0.39 is 23.6 Å². The van der Waals surface area contributed by atoms with Gasteiger partial charge in [0.05, 0.1) is 6.54 Å². The summed E-state index contributed by atoms with van der Waals surface area (Å²) in [6.07, 6.45) is -0.206. The predicted octanol–water partition coefficient (Wildman–Crippen LogP) is 2.62. The summed E-state index contributed by atoms with van der Waals surface area (Å²) in [4.78, 5) is 37.3. The van der Waals surface area contributed by atoms with Crippen molar-refractivity contribution in [1.29, 1.82) is 0 Å². The molecule has 8 heteroatoms. The third-order valence-electron chi connectivity index (χ3n) is 6.50. The predicted molar refractivity (Wildman–Crippen MR) is 124 cm³/mol. The van der Waals surface area contributed by atoms with Crippen LogP contribution in [0.1, 0.15) is 29.9 Å². The SMILES string of the molecule is COC1(C(=O)O)CCN(C(=O)C#CCNC(=O)OCC2c3ccccc3-c3ccccc32)CC1. The maximum Gasteiger partial charge on any atom is 0.407 e. The zero-order valence-corrected chi connectivity index (χ0v) is 18.9. The number of aliphatic carboxylic acids is 1. The lowest BCUT2D eigenvalue weighted by Crippen LogP contribution is -2.51. The van der Waals surface area contributed by atoms with Gasteiger partial charge < -0.3 is 24.8 Å². The number of ether oxygens (including phenoxy) is 2. The summed E-state index contributed by atoms with van der Waals surface area (Å²) < 4.78 is 10.6. The van der Waals surface area contributed by atoms with E-state index in [1.165, 1.54) is 12.0 Å². The highest BCUT2D eigenvalue weighted by molar-refractivity contribution is 5.94. The van der Waals surface area contributed by atoms with E-state index >= 15 is 0 Å². The number of carbonyl (C=O) groups is 3. The molecular formula is C26H26N2O6. The second-order valence-electron chi connectivity index (χ2n) is 8.28. The Morgan fingerprint density at radius 1 is 1.06 bits per heavy atom. The van der Waals surface area contributed by atoms with Crippen LogP contribution >= 0.6 is 0 Å². The number of carboxylic acids is 1. The Kier molecular flexibility index (Phi) is 6.85. The Morgan fingerprint density at radius 2 is 1.65 bits per heavy atom. The molecule has 4 rings (SSSR count). The number of rotatable bonds is 5. The van der Waals surface area contributed by atoms with Gasteiger partial charge in [0.2, 0.25) is 0 Å². The minimum Gasteiger partial charge on any atom is -0.479 e. The van der Waals surface area contributed by atoms with Crippen molar-refractivity contribution >= 4 is 18.0 Å². The van der Waals surface area contributed by atoms with E-state index in [2.05, 4.69) is 29.3 Å².